The molecule has 0 aromatic carbocycles. The van der Waals surface area contributed by atoms with Crippen LogP contribution in [-0.2, 0) is 0 Å². The highest BCUT2D eigenvalue weighted by molar-refractivity contribution is 4.91. The summed E-state index contributed by atoms with van der Waals surface area (Å²) in [5.41, 5.74) is 0. The van der Waals surface area contributed by atoms with Gasteiger partial charge in [0.15, 0.2) is 0 Å². The molecule has 1 unspecified atom stereocenters. The molecule has 1 saturated heterocycles. The van der Waals surface area contributed by atoms with Gasteiger partial charge in [-0.1, -0.05) is 18.2 Å². The van der Waals surface area contributed by atoms with Crippen molar-refractivity contribution < 1.29 is 0 Å². The summed E-state index contributed by atoms with van der Waals surface area (Å²) >= 11 is 0. The quantitative estimate of drug-likeness (QED) is 0.736. The van der Waals surface area contributed by atoms with E-state index in [1.54, 1.807) is 0 Å². The molecule has 1 aliphatic heterocycles. The summed E-state index contributed by atoms with van der Waals surface area (Å²) < 4.78 is 0. The average molecular weight is 234 g/mol. The van der Waals surface area contributed by atoms with Crippen LogP contribution in [0.2, 0.25) is 0 Å². The van der Waals surface area contributed by atoms with Crippen molar-refractivity contribution in [2.45, 2.75) is 38.1 Å². The molecule has 0 radical (unpaired) electrons. The zero-order chi connectivity index (χ0) is 11.9. The van der Waals surface area contributed by atoms with E-state index in [0.717, 1.165) is 18.5 Å². The molecule has 0 spiro atoms. The molecule has 2 aliphatic rings. The number of piperidine rings is 1. The van der Waals surface area contributed by atoms with Crippen molar-refractivity contribution in [3.8, 4) is 0 Å². The number of nitrogens with one attached hydrogen (secondary N) is 1. The molecule has 17 heavy (non-hydrogen) atoms. The molecule has 1 aliphatic carbocycles. The predicted octanol–water partition coefficient (Wildman–Crippen LogP) is 2.58. The first-order valence-corrected chi connectivity index (χ1v) is 7.10. The Labute approximate surface area is 106 Å². The van der Waals surface area contributed by atoms with E-state index in [2.05, 4.69) is 28.9 Å². The number of hydrogen-bond acceptors (Lipinski definition) is 2. The summed E-state index contributed by atoms with van der Waals surface area (Å²) in [6.07, 6.45) is 13.2. The lowest BCUT2D eigenvalue weighted by atomic mass is 9.93. The number of hydrogen-bond donors (Lipinski definition) is 1. The first-order chi connectivity index (χ1) is 8.38. The van der Waals surface area contributed by atoms with Gasteiger partial charge in [-0.2, -0.15) is 0 Å². The highest BCUT2D eigenvalue weighted by Gasteiger charge is 2.19. The highest BCUT2D eigenvalue weighted by Crippen LogP contribution is 2.18. The van der Waals surface area contributed by atoms with Gasteiger partial charge in [0.25, 0.3) is 0 Å². The fourth-order valence-electron chi connectivity index (χ4n) is 2.88. The fraction of sp³-hybridized carbons (Fsp3) is 0.733. The second-order valence-corrected chi connectivity index (χ2v) is 5.42. The maximum atomic E-state index is 3.81. The van der Waals surface area contributed by atoms with Crippen LogP contribution < -0.4 is 5.32 Å². The monoisotopic (exact) mass is 234 g/mol. The molecule has 0 aromatic rings. The lowest BCUT2D eigenvalue weighted by molar-refractivity contribution is 0.210. The highest BCUT2D eigenvalue weighted by atomic mass is 15.1. The summed E-state index contributed by atoms with van der Waals surface area (Å²) in [5.74, 6) is 0.881. The molecule has 2 heteroatoms. The topological polar surface area (TPSA) is 15.3 Å². The molecule has 2 rings (SSSR count). The lowest BCUT2D eigenvalue weighted by Gasteiger charge is -2.32. The molecule has 96 valence electrons. The van der Waals surface area contributed by atoms with Gasteiger partial charge in [0.2, 0.25) is 0 Å². The SMILES string of the molecule is C=CCN1CCC(NCC2CC=CCC2)CC1. The van der Waals surface area contributed by atoms with Crippen LogP contribution in [-0.4, -0.2) is 37.1 Å². The standard InChI is InChI=1S/C15H26N2/c1-2-10-17-11-8-15(9-12-17)16-13-14-6-4-3-5-7-14/h2-4,14-16H,1,5-13H2. The lowest BCUT2D eigenvalue weighted by Crippen LogP contribution is -2.43. The van der Waals surface area contributed by atoms with Gasteiger partial charge in [0.1, 0.15) is 0 Å². The number of allylic oxidation sites excluding steroid dienone is 2. The van der Waals surface area contributed by atoms with E-state index in [1.807, 2.05) is 6.08 Å². The van der Waals surface area contributed by atoms with Crippen molar-refractivity contribution in [3.05, 3.63) is 24.8 Å². The van der Waals surface area contributed by atoms with Gasteiger partial charge in [-0.3, -0.25) is 4.90 Å². The van der Waals surface area contributed by atoms with Crippen LogP contribution in [0.4, 0.5) is 0 Å². The first-order valence-electron chi connectivity index (χ1n) is 7.10. The van der Waals surface area contributed by atoms with Crippen molar-refractivity contribution in [3.63, 3.8) is 0 Å². The summed E-state index contributed by atoms with van der Waals surface area (Å²) in [6, 6.07) is 0.752. The minimum absolute atomic E-state index is 0.752. The van der Waals surface area contributed by atoms with Crippen molar-refractivity contribution >= 4 is 0 Å². The van der Waals surface area contributed by atoms with Gasteiger partial charge in [0.05, 0.1) is 0 Å². The number of likely N-dealkylation sites (tertiary alicyclic amines) is 1. The van der Waals surface area contributed by atoms with Crippen LogP contribution in [0.3, 0.4) is 0 Å². The van der Waals surface area contributed by atoms with E-state index < -0.39 is 0 Å². The van der Waals surface area contributed by atoms with Gasteiger partial charge >= 0.3 is 0 Å². The summed E-state index contributed by atoms with van der Waals surface area (Å²) in [5, 5.41) is 3.77. The first kappa shape index (κ1) is 12.8. The fourth-order valence-corrected chi connectivity index (χ4v) is 2.88. The third-order valence-corrected chi connectivity index (χ3v) is 4.05. The number of nitrogens with zero attached hydrogens (tertiary/aromatic N) is 1. The average Bonchev–Trinajstić information content (AvgIpc) is 2.40. The largest absolute Gasteiger partial charge is 0.314 e. The minimum atomic E-state index is 0.752. The van der Waals surface area contributed by atoms with Gasteiger partial charge in [-0.25, -0.2) is 0 Å². The third-order valence-electron chi connectivity index (χ3n) is 4.05. The maximum Gasteiger partial charge on any atom is 0.0160 e. The Bertz CT molecular complexity index is 252. The molecule has 0 aromatic heterocycles. The Morgan fingerprint density at radius 3 is 2.71 bits per heavy atom. The Hall–Kier alpha value is -0.600. The Balaban J connectivity index is 1.61. The summed E-state index contributed by atoms with van der Waals surface area (Å²) in [7, 11) is 0. The second kappa shape index (κ2) is 6.97. The van der Waals surface area contributed by atoms with E-state index in [4.69, 9.17) is 0 Å². The van der Waals surface area contributed by atoms with E-state index >= 15 is 0 Å². The van der Waals surface area contributed by atoms with E-state index in [-0.39, 0.29) is 0 Å². The molecule has 0 amide bonds. The predicted molar refractivity (Wildman–Crippen MR) is 74.1 cm³/mol. The van der Waals surface area contributed by atoms with Gasteiger partial charge in [-0.05, 0) is 57.7 Å². The van der Waals surface area contributed by atoms with Gasteiger partial charge in [0, 0.05) is 12.6 Å². The molecular weight excluding hydrogens is 208 g/mol. The van der Waals surface area contributed by atoms with Crippen molar-refractivity contribution in [1.29, 1.82) is 0 Å². The minimum Gasteiger partial charge on any atom is -0.314 e. The Morgan fingerprint density at radius 2 is 2.06 bits per heavy atom. The Morgan fingerprint density at radius 1 is 1.24 bits per heavy atom. The molecule has 2 nitrogen and oxygen atoms in total. The third kappa shape index (κ3) is 4.29. The molecular formula is C15H26N2. The van der Waals surface area contributed by atoms with Crippen LogP contribution in [0.5, 0.6) is 0 Å². The normalized spacial score (nSPS) is 27.2. The Kier molecular flexibility index (Phi) is 5.27. The van der Waals surface area contributed by atoms with Gasteiger partial charge in [-0.15, -0.1) is 6.58 Å². The molecule has 1 fully saturated rings. The summed E-state index contributed by atoms with van der Waals surface area (Å²) in [6.45, 7) is 8.54. The molecule has 0 saturated carbocycles. The van der Waals surface area contributed by atoms with Crippen LogP contribution in [0.25, 0.3) is 0 Å². The van der Waals surface area contributed by atoms with Crippen LogP contribution in [0.15, 0.2) is 24.8 Å². The second-order valence-electron chi connectivity index (χ2n) is 5.42. The maximum absolute atomic E-state index is 3.81. The van der Waals surface area contributed by atoms with Crippen LogP contribution in [0, 0.1) is 5.92 Å². The molecule has 0 bridgehead atoms. The zero-order valence-electron chi connectivity index (χ0n) is 10.9. The zero-order valence-corrected chi connectivity index (χ0v) is 10.9. The molecule has 1 atom stereocenters. The van der Waals surface area contributed by atoms with Crippen molar-refractivity contribution in [2.75, 3.05) is 26.2 Å². The van der Waals surface area contributed by atoms with Crippen molar-refractivity contribution in [1.82, 2.24) is 10.2 Å². The number of rotatable bonds is 5. The van der Waals surface area contributed by atoms with E-state index in [1.165, 1.54) is 51.7 Å². The van der Waals surface area contributed by atoms with Crippen LogP contribution in [0.1, 0.15) is 32.1 Å². The van der Waals surface area contributed by atoms with Crippen LogP contribution >= 0.6 is 0 Å². The van der Waals surface area contributed by atoms with Crippen molar-refractivity contribution in [2.24, 2.45) is 5.92 Å². The molecule has 1 N–H and O–H groups in total. The van der Waals surface area contributed by atoms with Gasteiger partial charge < -0.3 is 5.32 Å². The van der Waals surface area contributed by atoms with E-state index in [0.29, 0.717) is 0 Å². The summed E-state index contributed by atoms with van der Waals surface area (Å²) in [4.78, 5) is 2.49. The molecule has 1 heterocycles. The smallest absolute Gasteiger partial charge is 0.0160 e. The van der Waals surface area contributed by atoms with E-state index in [9.17, 15) is 0 Å².